The van der Waals surface area contributed by atoms with Crippen molar-refractivity contribution in [1.29, 1.82) is 0 Å². The Morgan fingerprint density at radius 3 is 2.44 bits per heavy atom. The quantitative estimate of drug-likeness (QED) is 0.228. The van der Waals surface area contributed by atoms with Gasteiger partial charge in [0.2, 0.25) is 0 Å². The van der Waals surface area contributed by atoms with Gasteiger partial charge in [-0.05, 0) is 42.0 Å². The fraction of sp³-hybridized carbons (Fsp3) is 0.115. The Bertz CT molecular complexity index is 1430. The van der Waals surface area contributed by atoms with Crippen LogP contribution in [-0.2, 0) is 9.59 Å². The summed E-state index contributed by atoms with van der Waals surface area (Å²) in [6.45, 7) is 0. The summed E-state index contributed by atoms with van der Waals surface area (Å²) < 4.78 is 0.899. The molecule has 1 aliphatic heterocycles. The van der Waals surface area contributed by atoms with E-state index in [4.69, 9.17) is 11.6 Å². The number of aromatic nitrogens is 1. The zero-order valence-corrected chi connectivity index (χ0v) is 20.0. The molecule has 170 valence electrons. The Morgan fingerprint density at radius 2 is 1.76 bits per heavy atom. The van der Waals surface area contributed by atoms with Crippen LogP contribution in [0.5, 0.6) is 0 Å². The van der Waals surface area contributed by atoms with Gasteiger partial charge in [-0.2, -0.15) is 0 Å². The summed E-state index contributed by atoms with van der Waals surface area (Å²) in [4.78, 5) is 34.6. The number of Topliss-reactive ketones (excluding diaryl/α,β-unsaturated/α-hetero) is 1. The van der Waals surface area contributed by atoms with Gasteiger partial charge < -0.3 is 10.0 Å². The number of ketones is 1. The highest BCUT2D eigenvalue weighted by molar-refractivity contribution is 7.22. The van der Waals surface area contributed by atoms with Crippen LogP contribution in [0.4, 0.5) is 10.8 Å². The zero-order chi connectivity index (χ0) is 24.0. The number of aliphatic hydroxyl groups is 1. The number of rotatable bonds is 4. The second-order valence-electron chi connectivity index (χ2n) is 8.13. The summed E-state index contributed by atoms with van der Waals surface area (Å²) in [5.74, 6) is -1.77. The third kappa shape index (κ3) is 3.73. The number of amides is 1. The number of nitrogens with zero attached hydrogens (tertiary/aromatic N) is 3. The minimum atomic E-state index is -0.837. The van der Waals surface area contributed by atoms with E-state index in [1.807, 2.05) is 67.5 Å². The first-order valence-corrected chi connectivity index (χ1v) is 11.7. The first-order valence-electron chi connectivity index (χ1n) is 10.5. The molecule has 6 nitrogen and oxygen atoms in total. The Morgan fingerprint density at radius 1 is 1.03 bits per heavy atom. The van der Waals surface area contributed by atoms with Crippen molar-refractivity contribution in [1.82, 2.24) is 4.98 Å². The third-order valence-electron chi connectivity index (χ3n) is 5.76. The Kier molecular flexibility index (Phi) is 5.59. The predicted molar refractivity (Wildman–Crippen MR) is 137 cm³/mol. The molecule has 1 atom stereocenters. The number of hydrogen-bond donors (Lipinski definition) is 1. The summed E-state index contributed by atoms with van der Waals surface area (Å²) in [6.07, 6.45) is 0. The average molecular weight is 490 g/mol. The number of aliphatic hydroxyl groups excluding tert-OH is 1. The van der Waals surface area contributed by atoms with Gasteiger partial charge in [0, 0.05) is 30.4 Å². The molecule has 0 aliphatic carbocycles. The molecule has 0 spiro atoms. The van der Waals surface area contributed by atoms with E-state index in [2.05, 4.69) is 4.98 Å². The minimum Gasteiger partial charge on any atom is -0.507 e. The monoisotopic (exact) mass is 489 g/mol. The maximum atomic E-state index is 13.3. The SMILES string of the molecule is CN(C)c1ccc(C2/C(=C(\O)c3cccc(Cl)c3)C(=O)C(=O)N2c2nc3ccccc3s2)cc1. The van der Waals surface area contributed by atoms with Crippen LogP contribution in [0.15, 0.2) is 78.4 Å². The molecule has 1 saturated heterocycles. The highest BCUT2D eigenvalue weighted by Gasteiger charge is 2.48. The van der Waals surface area contributed by atoms with Crippen molar-refractivity contribution in [2.24, 2.45) is 0 Å². The summed E-state index contributed by atoms with van der Waals surface area (Å²) >= 11 is 7.45. The molecule has 34 heavy (non-hydrogen) atoms. The lowest BCUT2D eigenvalue weighted by Crippen LogP contribution is -2.29. The molecule has 1 amide bonds. The van der Waals surface area contributed by atoms with Crippen LogP contribution in [0.3, 0.4) is 0 Å². The van der Waals surface area contributed by atoms with Crippen LogP contribution in [0, 0.1) is 0 Å². The van der Waals surface area contributed by atoms with Crippen LogP contribution < -0.4 is 9.80 Å². The molecule has 0 saturated carbocycles. The van der Waals surface area contributed by atoms with Gasteiger partial charge in [0.1, 0.15) is 5.76 Å². The summed E-state index contributed by atoms with van der Waals surface area (Å²) in [5.41, 5.74) is 2.76. The zero-order valence-electron chi connectivity index (χ0n) is 18.4. The van der Waals surface area contributed by atoms with E-state index in [0.717, 1.165) is 15.9 Å². The number of halogens is 1. The highest BCUT2D eigenvalue weighted by Crippen LogP contribution is 2.44. The molecule has 8 heteroatoms. The fourth-order valence-corrected chi connectivity index (χ4v) is 5.24. The lowest BCUT2D eigenvalue weighted by molar-refractivity contribution is -0.132. The molecule has 2 heterocycles. The second kappa shape index (κ2) is 8.59. The van der Waals surface area contributed by atoms with E-state index in [-0.39, 0.29) is 11.3 Å². The van der Waals surface area contributed by atoms with Gasteiger partial charge in [0.05, 0.1) is 21.8 Å². The number of carbonyl (C=O) groups excluding carboxylic acids is 2. The van der Waals surface area contributed by atoms with Gasteiger partial charge >= 0.3 is 5.91 Å². The third-order valence-corrected chi connectivity index (χ3v) is 7.03. The van der Waals surface area contributed by atoms with Crippen LogP contribution >= 0.6 is 22.9 Å². The van der Waals surface area contributed by atoms with E-state index in [9.17, 15) is 14.7 Å². The van der Waals surface area contributed by atoms with Crippen molar-refractivity contribution < 1.29 is 14.7 Å². The first-order chi connectivity index (χ1) is 16.3. The molecule has 1 aromatic heterocycles. The molecule has 4 aromatic rings. The van der Waals surface area contributed by atoms with E-state index in [1.54, 1.807) is 24.3 Å². The van der Waals surface area contributed by atoms with Crippen LogP contribution in [-0.4, -0.2) is 35.9 Å². The van der Waals surface area contributed by atoms with E-state index >= 15 is 0 Å². The van der Waals surface area contributed by atoms with Crippen molar-refractivity contribution in [2.45, 2.75) is 6.04 Å². The number of anilines is 2. The number of carbonyl (C=O) groups is 2. The molecule has 5 rings (SSSR count). The lowest BCUT2D eigenvalue weighted by Gasteiger charge is -2.23. The molecule has 0 bridgehead atoms. The minimum absolute atomic E-state index is 0.00382. The maximum absolute atomic E-state index is 13.3. The lowest BCUT2D eigenvalue weighted by atomic mass is 9.95. The van der Waals surface area contributed by atoms with Crippen molar-refractivity contribution in [3.8, 4) is 0 Å². The molecule has 1 aliphatic rings. The fourth-order valence-electron chi connectivity index (χ4n) is 4.05. The van der Waals surface area contributed by atoms with Crippen LogP contribution in [0.2, 0.25) is 5.02 Å². The number of fused-ring (bicyclic) bond motifs is 1. The van der Waals surface area contributed by atoms with Gasteiger partial charge in [0.25, 0.3) is 5.78 Å². The Balaban J connectivity index is 1.72. The number of benzene rings is 3. The largest absolute Gasteiger partial charge is 0.507 e. The molecule has 3 aromatic carbocycles. The summed E-state index contributed by atoms with van der Waals surface area (Å²) in [5, 5.41) is 12.0. The average Bonchev–Trinajstić information content (AvgIpc) is 3.37. The molecule has 1 fully saturated rings. The molecular weight excluding hydrogens is 470 g/mol. The predicted octanol–water partition coefficient (Wildman–Crippen LogP) is 5.64. The molecule has 1 N–H and O–H groups in total. The summed E-state index contributed by atoms with van der Waals surface area (Å²) in [7, 11) is 3.86. The van der Waals surface area contributed by atoms with Gasteiger partial charge in [-0.1, -0.05) is 59.3 Å². The van der Waals surface area contributed by atoms with Crippen molar-refractivity contribution in [3.63, 3.8) is 0 Å². The van der Waals surface area contributed by atoms with E-state index < -0.39 is 17.7 Å². The van der Waals surface area contributed by atoms with Crippen LogP contribution in [0.1, 0.15) is 17.2 Å². The van der Waals surface area contributed by atoms with Crippen molar-refractivity contribution in [3.05, 3.63) is 94.5 Å². The molecule has 1 unspecified atom stereocenters. The topological polar surface area (TPSA) is 73.7 Å². The first kappa shape index (κ1) is 22.1. The maximum Gasteiger partial charge on any atom is 0.301 e. The number of hydrogen-bond acceptors (Lipinski definition) is 6. The highest BCUT2D eigenvalue weighted by atomic mass is 35.5. The van der Waals surface area contributed by atoms with E-state index in [0.29, 0.717) is 21.3 Å². The van der Waals surface area contributed by atoms with Crippen LogP contribution in [0.25, 0.3) is 16.0 Å². The normalized spacial score (nSPS) is 17.5. The smallest absolute Gasteiger partial charge is 0.301 e. The Labute approximate surface area is 205 Å². The number of para-hydroxylation sites is 1. The van der Waals surface area contributed by atoms with Crippen molar-refractivity contribution >= 4 is 61.4 Å². The van der Waals surface area contributed by atoms with E-state index in [1.165, 1.54) is 16.2 Å². The van der Waals surface area contributed by atoms with Gasteiger partial charge in [-0.25, -0.2) is 4.98 Å². The number of thiazole rings is 1. The van der Waals surface area contributed by atoms with Gasteiger partial charge in [-0.3, -0.25) is 14.5 Å². The van der Waals surface area contributed by atoms with Gasteiger partial charge in [-0.15, -0.1) is 0 Å². The molecule has 0 radical (unpaired) electrons. The van der Waals surface area contributed by atoms with Crippen molar-refractivity contribution in [2.75, 3.05) is 23.9 Å². The standard InChI is InChI=1S/C26H20ClN3O3S/c1-29(2)18-12-10-15(11-13-18)22-21(23(31)16-6-5-7-17(27)14-16)24(32)25(33)30(22)26-28-19-8-3-4-9-20(19)34-26/h3-14,22,31H,1-2H3/b23-21+. The second-order valence-corrected chi connectivity index (χ2v) is 9.58. The van der Waals surface area contributed by atoms with Gasteiger partial charge in [0.15, 0.2) is 5.13 Å². The molecular formula is C26H20ClN3O3S. The summed E-state index contributed by atoms with van der Waals surface area (Å²) in [6, 6.07) is 20.8. The Hall–Kier alpha value is -3.68.